The number of anilines is 1. The number of piperidine rings is 1. The number of nitrogens with zero attached hydrogens (tertiary/aromatic N) is 1. The minimum Gasteiger partial charge on any atom is -0.343 e. The van der Waals surface area contributed by atoms with E-state index in [4.69, 9.17) is 0 Å². The van der Waals surface area contributed by atoms with Gasteiger partial charge in [-0.25, -0.2) is 13.1 Å². The number of benzene rings is 1. The number of likely N-dealkylation sites (tertiary alicyclic amines) is 1. The van der Waals surface area contributed by atoms with Gasteiger partial charge >= 0.3 is 0 Å². The number of nitrogens with one attached hydrogen (secondary N) is 2. The van der Waals surface area contributed by atoms with Gasteiger partial charge in [-0.05, 0) is 43.5 Å². The molecule has 8 heteroatoms. The third kappa shape index (κ3) is 5.82. The van der Waals surface area contributed by atoms with Crippen LogP contribution < -0.4 is 10.0 Å². The van der Waals surface area contributed by atoms with E-state index in [9.17, 15) is 18.0 Å². The lowest BCUT2D eigenvalue weighted by molar-refractivity contribution is -0.131. The minimum atomic E-state index is -3.67. The molecule has 0 unspecified atom stereocenters. The summed E-state index contributed by atoms with van der Waals surface area (Å²) in [6.45, 7) is 3.34. The number of carbonyl (C=O) groups excluding carboxylic acids is 2. The summed E-state index contributed by atoms with van der Waals surface area (Å²) in [6, 6.07) is 5.95. The molecule has 2 rings (SSSR count). The summed E-state index contributed by atoms with van der Waals surface area (Å²) < 4.78 is 27.0. The third-order valence-corrected chi connectivity index (χ3v) is 5.59. The van der Waals surface area contributed by atoms with Crippen LogP contribution in [0.1, 0.15) is 39.0 Å². The Labute approximate surface area is 148 Å². The number of hydrogen-bond donors (Lipinski definition) is 2. The van der Waals surface area contributed by atoms with E-state index in [0.29, 0.717) is 12.1 Å². The lowest BCUT2D eigenvalue weighted by Crippen LogP contribution is -2.37. The molecule has 0 atom stereocenters. The normalized spacial score (nSPS) is 15.0. The molecule has 2 N–H and O–H groups in total. The molecule has 0 radical (unpaired) electrons. The van der Waals surface area contributed by atoms with Crippen molar-refractivity contribution in [2.24, 2.45) is 0 Å². The van der Waals surface area contributed by atoms with Crippen LogP contribution in [0.4, 0.5) is 5.69 Å². The number of rotatable bonds is 7. The maximum Gasteiger partial charge on any atom is 0.240 e. The summed E-state index contributed by atoms with van der Waals surface area (Å²) >= 11 is 0. The van der Waals surface area contributed by atoms with E-state index in [-0.39, 0.29) is 29.7 Å². The fourth-order valence-corrected chi connectivity index (χ4v) is 3.68. The maximum absolute atomic E-state index is 12.3. The van der Waals surface area contributed by atoms with E-state index in [1.807, 2.05) is 0 Å². The Morgan fingerprint density at radius 3 is 2.32 bits per heavy atom. The fraction of sp³-hybridized carbons (Fsp3) is 0.529. The van der Waals surface area contributed by atoms with Gasteiger partial charge in [-0.1, -0.05) is 6.92 Å². The monoisotopic (exact) mass is 367 g/mol. The average Bonchev–Trinajstić information content (AvgIpc) is 2.62. The first-order valence-electron chi connectivity index (χ1n) is 8.60. The Kier molecular flexibility index (Phi) is 6.95. The smallest absolute Gasteiger partial charge is 0.240 e. The predicted molar refractivity (Wildman–Crippen MR) is 95.6 cm³/mol. The van der Waals surface area contributed by atoms with Gasteiger partial charge in [-0.15, -0.1) is 0 Å². The van der Waals surface area contributed by atoms with Crippen LogP contribution >= 0.6 is 0 Å². The topological polar surface area (TPSA) is 95.6 Å². The Morgan fingerprint density at radius 1 is 1.08 bits per heavy atom. The number of amides is 2. The maximum atomic E-state index is 12.3. The highest BCUT2D eigenvalue weighted by Gasteiger charge is 2.18. The van der Waals surface area contributed by atoms with E-state index >= 15 is 0 Å². The highest BCUT2D eigenvalue weighted by Crippen LogP contribution is 2.14. The van der Waals surface area contributed by atoms with Crippen LogP contribution in [-0.4, -0.2) is 44.8 Å². The quantitative estimate of drug-likeness (QED) is 0.767. The first-order valence-corrected chi connectivity index (χ1v) is 10.1. The van der Waals surface area contributed by atoms with Crippen molar-refractivity contribution in [3.63, 3.8) is 0 Å². The molecule has 1 aliphatic heterocycles. The van der Waals surface area contributed by atoms with Gasteiger partial charge in [0.1, 0.15) is 0 Å². The second kappa shape index (κ2) is 8.96. The molecule has 25 heavy (non-hydrogen) atoms. The Bertz CT molecular complexity index is 695. The highest BCUT2D eigenvalue weighted by atomic mass is 32.2. The standard InChI is InChI=1S/C17H25N3O4S/c1-2-16(21)19-14-6-8-15(9-7-14)25(23,24)18-11-10-17(22)20-12-4-3-5-13-20/h6-9,18H,2-5,10-13H2,1H3,(H,19,21). The van der Waals surface area contributed by atoms with Crippen LogP contribution in [0.2, 0.25) is 0 Å². The number of carbonyl (C=O) groups is 2. The molecule has 1 saturated heterocycles. The SMILES string of the molecule is CCC(=O)Nc1ccc(S(=O)(=O)NCCC(=O)N2CCCCC2)cc1. The summed E-state index contributed by atoms with van der Waals surface area (Å²) in [6.07, 6.45) is 3.68. The van der Waals surface area contributed by atoms with Gasteiger partial charge in [0.05, 0.1) is 4.90 Å². The van der Waals surface area contributed by atoms with Crippen molar-refractivity contribution in [1.29, 1.82) is 0 Å². The molecule has 1 aromatic rings. The first kappa shape index (κ1) is 19.4. The van der Waals surface area contributed by atoms with E-state index in [2.05, 4.69) is 10.0 Å². The van der Waals surface area contributed by atoms with Gasteiger partial charge in [0.25, 0.3) is 0 Å². The average molecular weight is 367 g/mol. The molecule has 2 amide bonds. The van der Waals surface area contributed by atoms with Gasteiger partial charge in [0.15, 0.2) is 0 Å². The largest absolute Gasteiger partial charge is 0.343 e. The molecule has 7 nitrogen and oxygen atoms in total. The van der Waals surface area contributed by atoms with E-state index in [0.717, 1.165) is 32.4 Å². The Hall–Kier alpha value is -1.93. The zero-order chi connectivity index (χ0) is 18.3. The van der Waals surface area contributed by atoms with E-state index in [1.165, 1.54) is 12.1 Å². The fourth-order valence-electron chi connectivity index (χ4n) is 2.64. The lowest BCUT2D eigenvalue weighted by Gasteiger charge is -2.26. The van der Waals surface area contributed by atoms with Crippen molar-refractivity contribution in [2.45, 2.75) is 43.9 Å². The second-order valence-corrected chi connectivity index (χ2v) is 7.78. The molecule has 138 valence electrons. The van der Waals surface area contributed by atoms with Crippen LogP contribution in [0, 0.1) is 0 Å². The van der Waals surface area contributed by atoms with Gasteiger partial charge in [-0.3, -0.25) is 9.59 Å². The second-order valence-electron chi connectivity index (χ2n) is 6.02. The minimum absolute atomic E-state index is 0.0139. The van der Waals surface area contributed by atoms with E-state index < -0.39 is 10.0 Å². The highest BCUT2D eigenvalue weighted by molar-refractivity contribution is 7.89. The third-order valence-electron chi connectivity index (χ3n) is 4.11. The number of sulfonamides is 1. The molecule has 0 saturated carbocycles. The molecular weight excluding hydrogens is 342 g/mol. The summed E-state index contributed by atoms with van der Waals surface area (Å²) in [7, 11) is -3.67. The van der Waals surface area contributed by atoms with Crippen molar-refractivity contribution in [1.82, 2.24) is 9.62 Å². The molecule has 0 bridgehead atoms. The zero-order valence-corrected chi connectivity index (χ0v) is 15.3. The van der Waals surface area contributed by atoms with Crippen LogP contribution in [0.25, 0.3) is 0 Å². The van der Waals surface area contributed by atoms with Crippen LogP contribution in [0.15, 0.2) is 29.2 Å². The number of hydrogen-bond acceptors (Lipinski definition) is 4. The van der Waals surface area contributed by atoms with Crippen LogP contribution in [-0.2, 0) is 19.6 Å². The lowest BCUT2D eigenvalue weighted by atomic mass is 10.1. The summed E-state index contributed by atoms with van der Waals surface area (Å²) in [5.74, 6) is -0.148. The predicted octanol–water partition coefficient (Wildman–Crippen LogP) is 1.72. The molecule has 0 aliphatic carbocycles. The van der Waals surface area contributed by atoms with Gasteiger partial charge in [0.2, 0.25) is 21.8 Å². The molecule has 0 spiro atoms. The van der Waals surface area contributed by atoms with Crippen molar-refractivity contribution in [2.75, 3.05) is 25.0 Å². The van der Waals surface area contributed by atoms with Crippen LogP contribution in [0.5, 0.6) is 0 Å². The molecule has 0 aromatic heterocycles. The molecule has 1 heterocycles. The van der Waals surface area contributed by atoms with Crippen molar-refractivity contribution in [3.8, 4) is 0 Å². The Morgan fingerprint density at radius 2 is 1.72 bits per heavy atom. The molecule has 1 aromatic carbocycles. The zero-order valence-electron chi connectivity index (χ0n) is 14.5. The first-order chi connectivity index (χ1) is 11.9. The summed E-state index contributed by atoms with van der Waals surface area (Å²) in [4.78, 5) is 25.3. The van der Waals surface area contributed by atoms with Crippen LogP contribution in [0.3, 0.4) is 0 Å². The van der Waals surface area contributed by atoms with Gasteiger partial charge in [-0.2, -0.15) is 0 Å². The van der Waals surface area contributed by atoms with Crippen molar-refractivity contribution in [3.05, 3.63) is 24.3 Å². The van der Waals surface area contributed by atoms with Gasteiger partial charge < -0.3 is 10.2 Å². The molecular formula is C17H25N3O4S. The summed E-state index contributed by atoms with van der Waals surface area (Å²) in [5, 5.41) is 2.66. The van der Waals surface area contributed by atoms with E-state index in [1.54, 1.807) is 24.0 Å². The Balaban J connectivity index is 1.86. The molecule has 1 fully saturated rings. The summed E-state index contributed by atoms with van der Waals surface area (Å²) in [5.41, 5.74) is 0.547. The molecule has 1 aliphatic rings. The van der Waals surface area contributed by atoms with Crippen molar-refractivity contribution < 1.29 is 18.0 Å². The van der Waals surface area contributed by atoms with Crippen molar-refractivity contribution >= 4 is 27.5 Å². The van der Waals surface area contributed by atoms with Gasteiger partial charge in [0, 0.05) is 38.2 Å².